The summed E-state index contributed by atoms with van der Waals surface area (Å²) in [6.45, 7) is 0.0616. The molecule has 0 atom stereocenters. The van der Waals surface area contributed by atoms with Crippen LogP contribution >= 0.6 is 15.9 Å². The van der Waals surface area contributed by atoms with Crippen LogP contribution < -0.4 is 10.1 Å². The van der Waals surface area contributed by atoms with Gasteiger partial charge in [0.25, 0.3) is 5.91 Å². The molecule has 0 aliphatic carbocycles. The maximum Gasteiger partial charge on any atom is 0.266 e. The third kappa shape index (κ3) is 5.20. The summed E-state index contributed by atoms with van der Waals surface area (Å²) in [6, 6.07) is 12.2. The second-order valence-electron chi connectivity index (χ2n) is 4.81. The highest BCUT2D eigenvalue weighted by Gasteiger charge is 2.12. The number of ether oxygens (including phenoxy) is 1. The minimum atomic E-state index is -0.614. The number of carbonyl (C=O) groups is 1. The summed E-state index contributed by atoms with van der Waals surface area (Å²) in [6.07, 6.45) is 6.58. The summed E-state index contributed by atoms with van der Waals surface area (Å²) in [5.74, 6) is 1.77. The molecule has 0 aromatic heterocycles. The number of hydrogen-bond donors (Lipinski definition) is 1. The highest BCUT2D eigenvalue weighted by molar-refractivity contribution is 9.10. The molecule has 1 amide bonds. The van der Waals surface area contributed by atoms with Gasteiger partial charge in [-0.25, -0.2) is 4.39 Å². The number of anilines is 1. The largest absolute Gasteiger partial charge is 0.480 e. The van der Waals surface area contributed by atoms with E-state index in [1.807, 2.05) is 6.07 Å². The topological polar surface area (TPSA) is 62.1 Å². The summed E-state index contributed by atoms with van der Waals surface area (Å²) in [5, 5.41) is 11.8. The van der Waals surface area contributed by atoms with Gasteiger partial charge in [0, 0.05) is 15.7 Å². The Morgan fingerprint density at radius 1 is 1.32 bits per heavy atom. The molecule has 0 heterocycles. The van der Waals surface area contributed by atoms with Crippen LogP contribution in [0.2, 0.25) is 0 Å². The van der Waals surface area contributed by atoms with Crippen LogP contribution in [0.1, 0.15) is 5.56 Å². The van der Waals surface area contributed by atoms with E-state index in [1.54, 1.807) is 18.2 Å². The second-order valence-corrected chi connectivity index (χ2v) is 5.72. The van der Waals surface area contributed by atoms with Gasteiger partial charge in [-0.15, -0.1) is 6.42 Å². The Bertz CT molecular complexity index is 893. The summed E-state index contributed by atoms with van der Waals surface area (Å²) >= 11 is 3.33. The van der Waals surface area contributed by atoms with Crippen LogP contribution in [0.3, 0.4) is 0 Å². The summed E-state index contributed by atoms with van der Waals surface area (Å²) in [5.41, 5.74) is 0.772. The Hall–Kier alpha value is -3.09. The molecule has 0 unspecified atom stereocenters. The molecule has 4 nitrogen and oxygen atoms in total. The first-order valence-electron chi connectivity index (χ1n) is 7.08. The normalized spacial score (nSPS) is 10.5. The molecule has 0 aliphatic rings. The van der Waals surface area contributed by atoms with Crippen LogP contribution in [0.15, 0.2) is 52.5 Å². The maximum absolute atomic E-state index is 12.9. The van der Waals surface area contributed by atoms with Gasteiger partial charge in [-0.2, -0.15) is 5.26 Å². The van der Waals surface area contributed by atoms with Crippen molar-refractivity contribution in [3.63, 3.8) is 0 Å². The number of terminal acetylenes is 1. The van der Waals surface area contributed by atoms with E-state index in [0.29, 0.717) is 17.0 Å². The van der Waals surface area contributed by atoms with Gasteiger partial charge in [0.1, 0.15) is 29.8 Å². The smallest absolute Gasteiger partial charge is 0.266 e. The molecule has 2 rings (SSSR count). The highest BCUT2D eigenvalue weighted by atomic mass is 79.9. The van der Waals surface area contributed by atoms with Crippen molar-refractivity contribution in [3.05, 3.63) is 63.9 Å². The van der Waals surface area contributed by atoms with E-state index in [4.69, 9.17) is 11.2 Å². The average molecular weight is 399 g/mol. The molecule has 25 heavy (non-hydrogen) atoms. The van der Waals surface area contributed by atoms with Crippen LogP contribution in [0.4, 0.5) is 10.1 Å². The van der Waals surface area contributed by atoms with Gasteiger partial charge >= 0.3 is 0 Å². The standard InChI is InChI=1S/C19H12BrFN2O2/c1-2-9-25-18-8-3-15(20)11-13(18)10-14(12-22)19(24)23-17-6-4-16(21)5-7-17/h1,3-8,10-11H,9H2,(H,23,24). The Kier molecular flexibility index (Phi) is 6.33. The summed E-state index contributed by atoms with van der Waals surface area (Å²) in [7, 11) is 0. The zero-order chi connectivity index (χ0) is 18.2. The fraction of sp³-hybridized carbons (Fsp3) is 0.0526. The van der Waals surface area contributed by atoms with Crippen LogP contribution in [0.5, 0.6) is 5.75 Å². The van der Waals surface area contributed by atoms with Crippen LogP contribution in [0, 0.1) is 29.5 Å². The van der Waals surface area contributed by atoms with Crippen molar-refractivity contribution in [2.24, 2.45) is 0 Å². The number of amides is 1. The van der Waals surface area contributed by atoms with Crippen molar-refractivity contribution in [3.8, 4) is 24.2 Å². The second kappa shape index (κ2) is 8.68. The van der Waals surface area contributed by atoms with Crippen molar-refractivity contribution in [1.29, 1.82) is 5.26 Å². The SMILES string of the molecule is C#CCOc1ccc(Br)cc1C=C(C#N)C(=O)Nc1ccc(F)cc1. The van der Waals surface area contributed by atoms with E-state index in [9.17, 15) is 14.4 Å². The predicted molar refractivity (Wildman–Crippen MR) is 97.1 cm³/mol. The lowest BCUT2D eigenvalue weighted by atomic mass is 10.1. The number of halogens is 2. The minimum absolute atomic E-state index is 0.0616. The molecule has 0 bridgehead atoms. The van der Waals surface area contributed by atoms with Gasteiger partial charge < -0.3 is 10.1 Å². The fourth-order valence-corrected chi connectivity index (χ4v) is 2.30. The van der Waals surface area contributed by atoms with Crippen LogP contribution in [0.25, 0.3) is 6.08 Å². The molecule has 124 valence electrons. The Balaban J connectivity index is 2.29. The first-order chi connectivity index (χ1) is 12.0. The van der Waals surface area contributed by atoms with Gasteiger partial charge in [-0.3, -0.25) is 4.79 Å². The molecule has 0 spiro atoms. The summed E-state index contributed by atoms with van der Waals surface area (Å²) in [4.78, 5) is 12.3. The Morgan fingerprint density at radius 2 is 2.04 bits per heavy atom. The van der Waals surface area contributed by atoms with Gasteiger partial charge in [-0.05, 0) is 48.5 Å². The van der Waals surface area contributed by atoms with Crippen molar-refractivity contribution in [2.45, 2.75) is 0 Å². The molecule has 0 aliphatic heterocycles. The van der Waals surface area contributed by atoms with Gasteiger partial charge in [0.2, 0.25) is 0 Å². The van der Waals surface area contributed by atoms with E-state index in [-0.39, 0.29) is 12.2 Å². The first kappa shape index (κ1) is 18.3. The lowest BCUT2D eigenvalue weighted by molar-refractivity contribution is -0.112. The van der Waals surface area contributed by atoms with Crippen molar-refractivity contribution < 1.29 is 13.9 Å². The maximum atomic E-state index is 12.9. The lowest BCUT2D eigenvalue weighted by Gasteiger charge is -2.08. The molecule has 1 N–H and O–H groups in total. The lowest BCUT2D eigenvalue weighted by Crippen LogP contribution is -2.13. The van der Waals surface area contributed by atoms with Crippen molar-refractivity contribution in [1.82, 2.24) is 0 Å². The number of nitrogens with one attached hydrogen (secondary N) is 1. The summed E-state index contributed by atoms with van der Waals surface area (Å²) < 4.78 is 19.1. The molecule has 6 heteroatoms. The number of rotatable bonds is 5. The zero-order valence-corrected chi connectivity index (χ0v) is 14.5. The number of nitrogens with zero attached hydrogens (tertiary/aromatic N) is 1. The molecule has 0 radical (unpaired) electrons. The third-order valence-corrected chi connectivity index (χ3v) is 3.54. The van der Waals surface area contributed by atoms with E-state index in [1.165, 1.54) is 30.3 Å². The van der Waals surface area contributed by atoms with Gasteiger partial charge in [0.05, 0.1) is 0 Å². The number of hydrogen-bond acceptors (Lipinski definition) is 3. The molecule has 0 fully saturated rings. The zero-order valence-electron chi connectivity index (χ0n) is 12.9. The number of nitriles is 1. The Morgan fingerprint density at radius 3 is 2.68 bits per heavy atom. The number of carbonyl (C=O) groups excluding carboxylic acids is 1. The van der Waals surface area contributed by atoms with Crippen LogP contribution in [-0.4, -0.2) is 12.5 Å². The van der Waals surface area contributed by atoms with E-state index < -0.39 is 11.7 Å². The fourth-order valence-electron chi connectivity index (χ4n) is 1.92. The minimum Gasteiger partial charge on any atom is -0.480 e. The van der Waals surface area contributed by atoms with E-state index in [2.05, 4.69) is 27.2 Å². The quantitative estimate of drug-likeness (QED) is 0.467. The molecule has 0 saturated carbocycles. The molecular formula is C19H12BrFN2O2. The Labute approximate surface area is 153 Å². The monoisotopic (exact) mass is 398 g/mol. The third-order valence-electron chi connectivity index (χ3n) is 3.05. The average Bonchev–Trinajstić information content (AvgIpc) is 2.60. The highest BCUT2D eigenvalue weighted by Crippen LogP contribution is 2.26. The van der Waals surface area contributed by atoms with Crippen molar-refractivity contribution in [2.75, 3.05) is 11.9 Å². The van der Waals surface area contributed by atoms with Crippen LogP contribution in [-0.2, 0) is 4.79 Å². The van der Waals surface area contributed by atoms with E-state index >= 15 is 0 Å². The van der Waals surface area contributed by atoms with Crippen molar-refractivity contribution >= 4 is 33.6 Å². The predicted octanol–water partition coefficient (Wildman–Crippen LogP) is 4.15. The molecule has 2 aromatic rings. The number of benzene rings is 2. The van der Waals surface area contributed by atoms with Gasteiger partial charge in [-0.1, -0.05) is 21.9 Å². The molecule has 0 saturated heterocycles. The molecule has 2 aromatic carbocycles. The van der Waals surface area contributed by atoms with Gasteiger partial charge in [0.15, 0.2) is 0 Å². The van der Waals surface area contributed by atoms with E-state index in [0.717, 1.165) is 4.47 Å². The molecular weight excluding hydrogens is 387 g/mol. The first-order valence-corrected chi connectivity index (χ1v) is 7.87.